The number of carbonyl (C=O) groups is 1. The number of H-pyrrole nitrogens is 1. The molecule has 1 amide bonds. The number of pyridine rings is 1. The Hall–Kier alpha value is -2.95. The molecule has 1 fully saturated rings. The summed E-state index contributed by atoms with van der Waals surface area (Å²) in [5.74, 6) is 0.320. The molecular weight excluding hydrogens is 336 g/mol. The number of aryl methyl sites for hydroxylation is 2. The maximum absolute atomic E-state index is 12.8. The number of rotatable bonds is 3. The van der Waals surface area contributed by atoms with Gasteiger partial charge in [-0.25, -0.2) is 0 Å². The smallest absolute Gasteiger partial charge is 0.257 e. The molecule has 1 atom stereocenters. The van der Waals surface area contributed by atoms with E-state index in [1.165, 1.54) is 5.56 Å². The summed E-state index contributed by atoms with van der Waals surface area (Å²) in [6.07, 6.45) is 3.67. The molecule has 0 aliphatic carbocycles. The van der Waals surface area contributed by atoms with Gasteiger partial charge in [0, 0.05) is 36.0 Å². The summed E-state index contributed by atoms with van der Waals surface area (Å²) in [5.41, 5.74) is 5.90. The van der Waals surface area contributed by atoms with Gasteiger partial charge in [-0.3, -0.25) is 14.9 Å². The number of piperidine rings is 1. The third-order valence-electron chi connectivity index (χ3n) is 5.27. The van der Waals surface area contributed by atoms with Crippen LogP contribution < -0.4 is 0 Å². The zero-order chi connectivity index (χ0) is 18.8. The van der Waals surface area contributed by atoms with Crippen LogP contribution in [0.2, 0.25) is 0 Å². The van der Waals surface area contributed by atoms with Gasteiger partial charge in [0.05, 0.1) is 17.5 Å². The van der Waals surface area contributed by atoms with Crippen molar-refractivity contribution in [2.24, 2.45) is 0 Å². The van der Waals surface area contributed by atoms with Gasteiger partial charge >= 0.3 is 0 Å². The first-order valence-electron chi connectivity index (χ1n) is 9.45. The molecule has 1 unspecified atom stereocenters. The van der Waals surface area contributed by atoms with Crippen LogP contribution in [0.4, 0.5) is 0 Å². The van der Waals surface area contributed by atoms with E-state index in [9.17, 15) is 4.79 Å². The number of benzene rings is 1. The van der Waals surface area contributed by atoms with Crippen molar-refractivity contribution < 1.29 is 4.79 Å². The van der Waals surface area contributed by atoms with E-state index in [1.807, 2.05) is 11.8 Å². The van der Waals surface area contributed by atoms with E-state index < -0.39 is 0 Å². The van der Waals surface area contributed by atoms with E-state index in [-0.39, 0.29) is 11.8 Å². The van der Waals surface area contributed by atoms with Gasteiger partial charge in [0.1, 0.15) is 0 Å². The van der Waals surface area contributed by atoms with E-state index in [0.717, 1.165) is 42.0 Å². The van der Waals surface area contributed by atoms with Crippen molar-refractivity contribution in [3.63, 3.8) is 0 Å². The quantitative estimate of drug-likeness (QED) is 0.765. The summed E-state index contributed by atoms with van der Waals surface area (Å²) in [4.78, 5) is 19.7. The summed E-state index contributed by atoms with van der Waals surface area (Å²) in [7, 11) is 0. The molecule has 0 bridgehead atoms. The van der Waals surface area contributed by atoms with Crippen molar-refractivity contribution in [3.8, 4) is 11.3 Å². The highest BCUT2D eigenvalue weighted by Gasteiger charge is 2.27. The first-order valence-corrected chi connectivity index (χ1v) is 9.45. The lowest BCUT2D eigenvalue weighted by molar-refractivity contribution is 0.0705. The van der Waals surface area contributed by atoms with Gasteiger partial charge < -0.3 is 4.90 Å². The van der Waals surface area contributed by atoms with E-state index >= 15 is 0 Å². The van der Waals surface area contributed by atoms with E-state index in [2.05, 4.69) is 59.6 Å². The van der Waals surface area contributed by atoms with Crippen molar-refractivity contribution in [2.45, 2.75) is 32.6 Å². The predicted molar refractivity (Wildman–Crippen MR) is 106 cm³/mol. The molecule has 1 saturated heterocycles. The Kier molecular flexibility index (Phi) is 4.75. The first-order chi connectivity index (χ1) is 13.1. The molecule has 0 spiro atoms. The number of hydrogen-bond acceptors (Lipinski definition) is 3. The summed E-state index contributed by atoms with van der Waals surface area (Å²) in [5, 5.41) is 6.83. The monoisotopic (exact) mass is 360 g/mol. The van der Waals surface area contributed by atoms with Crippen LogP contribution >= 0.6 is 0 Å². The zero-order valence-electron chi connectivity index (χ0n) is 15.8. The molecule has 1 aliphatic rings. The summed E-state index contributed by atoms with van der Waals surface area (Å²) in [6, 6.07) is 14.6. The number of carbonyl (C=O) groups excluding carboxylic acids is 1. The van der Waals surface area contributed by atoms with Gasteiger partial charge in [-0.05, 0) is 44.9 Å². The van der Waals surface area contributed by atoms with Crippen molar-refractivity contribution in [1.82, 2.24) is 20.1 Å². The molecule has 1 aromatic carbocycles. The fraction of sp³-hybridized carbons (Fsp3) is 0.318. The summed E-state index contributed by atoms with van der Waals surface area (Å²) >= 11 is 0. The molecule has 4 rings (SSSR count). The van der Waals surface area contributed by atoms with Gasteiger partial charge in [0.2, 0.25) is 0 Å². The van der Waals surface area contributed by atoms with Crippen molar-refractivity contribution >= 4 is 5.91 Å². The molecule has 1 aliphatic heterocycles. The van der Waals surface area contributed by atoms with Crippen LogP contribution in [0.25, 0.3) is 11.3 Å². The van der Waals surface area contributed by atoms with Gasteiger partial charge in [-0.2, -0.15) is 5.10 Å². The highest BCUT2D eigenvalue weighted by molar-refractivity contribution is 5.95. The molecule has 5 heteroatoms. The van der Waals surface area contributed by atoms with E-state index in [1.54, 1.807) is 6.20 Å². The second-order valence-electron chi connectivity index (χ2n) is 7.32. The minimum Gasteiger partial charge on any atom is -0.338 e. The first kappa shape index (κ1) is 17.5. The average Bonchev–Trinajstić information content (AvgIpc) is 3.13. The van der Waals surface area contributed by atoms with Crippen LogP contribution in [-0.4, -0.2) is 39.1 Å². The van der Waals surface area contributed by atoms with Crippen molar-refractivity contribution in [2.75, 3.05) is 13.1 Å². The lowest BCUT2D eigenvalue weighted by Crippen LogP contribution is -2.39. The molecule has 0 radical (unpaired) electrons. The normalized spacial score (nSPS) is 17.1. The highest BCUT2D eigenvalue weighted by atomic mass is 16.2. The molecule has 138 valence electrons. The predicted octanol–water partition coefficient (Wildman–Crippen LogP) is 4.11. The fourth-order valence-electron chi connectivity index (χ4n) is 3.78. The second-order valence-corrected chi connectivity index (χ2v) is 7.32. The second kappa shape index (κ2) is 7.35. The number of amides is 1. The van der Waals surface area contributed by atoms with Crippen molar-refractivity contribution in [1.29, 1.82) is 0 Å². The lowest BCUT2D eigenvalue weighted by atomic mass is 9.93. The zero-order valence-corrected chi connectivity index (χ0v) is 15.8. The topological polar surface area (TPSA) is 61.9 Å². The van der Waals surface area contributed by atoms with Crippen LogP contribution in [0.1, 0.15) is 46.1 Å². The molecular formula is C22H24N4O. The molecule has 3 aromatic rings. The standard InChI is InChI=1S/C22H24N4O/c1-15-6-3-7-17(12-15)20-9-4-10-21(24-20)18-8-5-11-26(14-18)22(27)19-13-23-25-16(19)2/h3-4,6-7,9-10,12-13,18H,5,8,11,14H2,1-2H3,(H,23,25). The maximum atomic E-state index is 12.8. The minimum absolute atomic E-state index is 0.0563. The molecule has 2 aromatic heterocycles. The van der Waals surface area contributed by atoms with Crippen LogP contribution in [-0.2, 0) is 0 Å². The number of nitrogens with one attached hydrogen (secondary N) is 1. The van der Waals surface area contributed by atoms with Crippen LogP contribution in [0.15, 0.2) is 48.7 Å². The van der Waals surface area contributed by atoms with Crippen LogP contribution in [0.3, 0.4) is 0 Å². The fourth-order valence-corrected chi connectivity index (χ4v) is 3.78. The number of aromatic amines is 1. The van der Waals surface area contributed by atoms with Gasteiger partial charge in [0.25, 0.3) is 5.91 Å². The Labute approximate surface area is 159 Å². The Bertz CT molecular complexity index is 962. The average molecular weight is 360 g/mol. The third-order valence-corrected chi connectivity index (χ3v) is 5.27. The minimum atomic E-state index is 0.0563. The number of aromatic nitrogens is 3. The SMILES string of the molecule is Cc1cccc(-c2cccc(C3CCCN(C(=O)c4cn[nH]c4C)C3)n2)c1. The number of likely N-dealkylation sites (tertiary alicyclic amines) is 1. The third kappa shape index (κ3) is 3.63. The van der Waals surface area contributed by atoms with E-state index in [0.29, 0.717) is 12.1 Å². The Morgan fingerprint density at radius 3 is 2.81 bits per heavy atom. The molecule has 3 heterocycles. The van der Waals surface area contributed by atoms with Gasteiger partial charge in [-0.15, -0.1) is 0 Å². The van der Waals surface area contributed by atoms with Gasteiger partial charge in [0.15, 0.2) is 0 Å². The van der Waals surface area contributed by atoms with Crippen molar-refractivity contribution in [3.05, 3.63) is 71.2 Å². The molecule has 5 nitrogen and oxygen atoms in total. The Balaban J connectivity index is 1.56. The lowest BCUT2D eigenvalue weighted by Gasteiger charge is -2.32. The number of nitrogens with zero attached hydrogens (tertiary/aromatic N) is 3. The van der Waals surface area contributed by atoms with Crippen LogP contribution in [0, 0.1) is 13.8 Å². The number of hydrogen-bond donors (Lipinski definition) is 1. The largest absolute Gasteiger partial charge is 0.338 e. The Morgan fingerprint density at radius 1 is 1.19 bits per heavy atom. The Morgan fingerprint density at radius 2 is 2.04 bits per heavy atom. The van der Waals surface area contributed by atoms with E-state index in [4.69, 9.17) is 4.98 Å². The summed E-state index contributed by atoms with van der Waals surface area (Å²) in [6.45, 7) is 5.47. The summed E-state index contributed by atoms with van der Waals surface area (Å²) < 4.78 is 0. The maximum Gasteiger partial charge on any atom is 0.257 e. The molecule has 0 saturated carbocycles. The molecule has 1 N–H and O–H groups in total. The molecule has 27 heavy (non-hydrogen) atoms. The highest BCUT2D eigenvalue weighted by Crippen LogP contribution is 2.28. The van der Waals surface area contributed by atoms with Crippen LogP contribution in [0.5, 0.6) is 0 Å². The van der Waals surface area contributed by atoms with Gasteiger partial charge in [-0.1, -0.05) is 29.8 Å².